The fourth-order valence-corrected chi connectivity index (χ4v) is 2.36. The zero-order valence-electron chi connectivity index (χ0n) is 13.5. The number of Topliss-reactive ketones (excluding diaryl/α,β-unsaturated/α-hetero) is 3. The van der Waals surface area contributed by atoms with Gasteiger partial charge in [-0.25, -0.2) is 4.98 Å². The normalized spacial score (nSPS) is 10.6. The second-order valence-electron chi connectivity index (χ2n) is 5.56. The minimum absolute atomic E-state index is 0.0155. The maximum atomic E-state index is 12.0. The summed E-state index contributed by atoms with van der Waals surface area (Å²) < 4.78 is 5.62. The highest BCUT2D eigenvalue weighted by molar-refractivity contribution is 6.42. The molecule has 1 N–H and O–H groups in total. The van der Waals surface area contributed by atoms with Gasteiger partial charge >= 0.3 is 0 Å². The van der Waals surface area contributed by atoms with Gasteiger partial charge in [0.05, 0.1) is 6.42 Å². The Balaban J connectivity index is 1.63. The van der Waals surface area contributed by atoms with E-state index in [4.69, 9.17) is 4.42 Å². The van der Waals surface area contributed by atoms with E-state index >= 15 is 0 Å². The Bertz CT molecular complexity index is 908. The van der Waals surface area contributed by atoms with Crippen molar-refractivity contribution in [1.82, 2.24) is 15.2 Å². The van der Waals surface area contributed by atoms with Crippen LogP contribution in [0, 0.1) is 0 Å². The van der Waals surface area contributed by atoms with Crippen LogP contribution in [-0.2, 0) is 17.6 Å². The topological polar surface area (TPSA) is 106 Å². The molecule has 0 radical (unpaired) electrons. The monoisotopic (exact) mass is 337 g/mol. The summed E-state index contributed by atoms with van der Waals surface area (Å²) in [6.07, 6.45) is 1.56. The fourth-order valence-electron chi connectivity index (χ4n) is 2.36. The molecule has 0 unspecified atom stereocenters. The molecule has 0 fully saturated rings. The van der Waals surface area contributed by atoms with Crippen LogP contribution in [0.2, 0.25) is 0 Å². The van der Waals surface area contributed by atoms with Gasteiger partial charge in [-0.05, 0) is 24.6 Å². The smallest absolute Gasteiger partial charge is 0.265 e. The van der Waals surface area contributed by atoms with Crippen molar-refractivity contribution in [3.05, 3.63) is 71.2 Å². The first-order valence-electron chi connectivity index (χ1n) is 7.63. The van der Waals surface area contributed by atoms with Crippen LogP contribution in [-0.4, -0.2) is 32.5 Å². The lowest BCUT2D eigenvalue weighted by Crippen LogP contribution is -2.17. The number of aromatic amines is 1. The highest BCUT2D eigenvalue weighted by Crippen LogP contribution is 2.15. The molecular weight excluding hydrogens is 322 g/mol. The van der Waals surface area contributed by atoms with E-state index in [2.05, 4.69) is 15.2 Å². The van der Waals surface area contributed by atoms with E-state index in [-0.39, 0.29) is 18.0 Å². The number of carbonyl (C=O) groups is 3. The summed E-state index contributed by atoms with van der Waals surface area (Å²) in [4.78, 5) is 38.7. The van der Waals surface area contributed by atoms with Crippen LogP contribution >= 0.6 is 0 Å². The molecule has 0 saturated carbocycles. The summed E-state index contributed by atoms with van der Waals surface area (Å²) in [5.74, 6) is -0.332. The quantitative estimate of drug-likeness (QED) is 0.523. The number of H-pyrrole nitrogens is 1. The van der Waals surface area contributed by atoms with Crippen molar-refractivity contribution in [1.29, 1.82) is 0 Å². The van der Waals surface area contributed by atoms with Gasteiger partial charge in [0.25, 0.3) is 5.78 Å². The van der Waals surface area contributed by atoms with E-state index < -0.39 is 11.6 Å². The Labute approximate surface area is 143 Å². The minimum atomic E-state index is -0.727. The van der Waals surface area contributed by atoms with Gasteiger partial charge in [0.15, 0.2) is 11.6 Å². The van der Waals surface area contributed by atoms with Gasteiger partial charge < -0.3 is 4.42 Å². The summed E-state index contributed by atoms with van der Waals surface area (Å²) in [6.45, 7) is 1.52. The molecule has 2 heterocycles. The molecule has 7 heteroatoms. The maximum absolute atomic E-state index is 12.0. The molecular formula is C18H15N3O4. The largest absolute Gasteiger partial charge is 0.465 e. The summed E-state index contributed by atoms with van der Waals surface area (Å²) in [6, 6.07) is 10.7. The lowest BCUT2D eigenvalue weighted by Gasteiger charge is -2.00. The van der Waals surface area contributed by atoms with E-state index in [1.807, 2.05) is 12.1 Å². The molecule has 3 aromatic rings. The maximum Gasteiger partial charge on any atom is 0.265 e. The van der Waals surface area contributed by atoms with Crippen LogP contribution in [0.1, 0.15) is 45.0 Å². The second-order valence-corrected chi connectivity index (χ2v) is 5.56. The van der Waals surface area contributed by atoms with Gasteiger partial charge in [0.2, 0.25) is 5.78 Å². The molecule has 7 nitrogen and oxygen atoms in total. The van der Waals surface area contributed by atoms with Gasteiger partial charge in [0.1, 0.15) is 17.8 Å². The third kappa shape index (κ3) is 3.95. The zero-order valence-corrected chi connectivity index (χ0v) is 13.5. The predicted molar refractivity (Wildman–Crippen MR) is 87.4 cm³/mol. The van der Waals surface area contributed by atoms with Gasteiger partial charge in [0, 0.05) is 12.0 Å². The molecule has 0 aliphatic rings. The Morgan fingerprint density at radius 2 is 1.76 bits per heavy atom. The highest BCUT2D eigenvalue weighted by atomic mass is 16.3. The van der Waals surface area contributed by atoms with Gasteiger partial charge in [-0.15, -0.1) is 0 Å². The van der Waals surface area contributed by atoms with Crippen LogP contribution in [0.15, 0.2) is 47.1 Å². The van der Waals surface area contributed by atoms with Crippen LogP contribution in [0.3, 0.4) is 0 Å². The number of nitrogens with one attached hydrogen (secondary N) is 1. The van der Waals surface area contributed by atoms with E-state index in [0.717, 1.165) is 5.56 Å². The molecule has 2 aromatic heterocycles. The number of hydrogen-bond donors (Lipinski definition) is 1. The average Bonchev–Trinajstić information content (AvgIpc) is 3.27. The second kappa shape index (κ2) is 7.04. The molecule has 0 bridgehead atoms. The third-order valence-corrected chi connectivity index (χ3v) is 3.67. The standard InChI is InChI=1S/C18H15N3O4/c1-11(22)13-4-2-12(3-5-13)8-14-6-7-15(25-14)9-16(23)17(24)18-19-10-20-21-18/h2-7,10H,8-9H2,1H3,(H,19,20,21). The Kier molecular flexibility index (Phi) is 4.65. The molecule has 3 rings (SSSR count). The molecule has 0 saturated heterocycles. The Morgan fingerprint density at radius 1 is 1.04 bits per heavy atom. The van der Waals surface area contributed by atoms with E-state index in [1.54, 1.807) is 24.3 Å². The molecule has 0 aliphatic carbocycles. The average molecular weight is 337 g/mol. The highest BCUT2D eigenvalue weighted by Gasteiger charge is 2.20. The lowest BCUT2D eigenvalue weighted by atomic mass is 10.1. The molecule has 0 amide bonds. The molecule has 25 heavy (non-hydrogen) atoms. The number of rotatable bonds is 7. The molecule has 1 aromatic carbocycles. The first-order valence-corrected chi connectivity index (χ1v) is 7.63. The number of carbonyl (C=O) groups excluding carboxylic acids is 3. The summed E-state index contributed by atoms with van der Waals surface area (Å²) in [5, 5.41) is 5.91. The lowest BCUT2D eigenvalue weighted by molar-refractivity contribution is -0.114. The van der Waals surface area contributed by atoms with Crippen molar-refractivity contribution in [3.63, 3.8) is 0 Å². The summed E-state index contributed by atoms with van der Waals surface area (Å²) in [5.41, 5.74) is 1.63. The van der Waals surface area contributed by atoms with Crippen LogP contribution in [0.4, 0.5) is 0 Å². The predicted octanol–water partition coefficient (Wildman–Crippen LogP) is 2.19. The summed E-state index contributed by atoms with van der Waals surface area (Å²) in [7, 11) is 0. The van der Waals surface area contributed by atoms with E-state index in [1.165, 1.54) is 13.3 Å². The first kappa shape index (κ1) is 16.5. The Hall–Kier alpha value is -3.35. The van der Waals surface area contributed by atoms with Crippen LogP contribution in [0.5, 0.6) is 0 Å². The number of aromatic nitrogens is 3. The van der Waals surface area contributed by atoms with Gasteiger partial charge in [-0.2, -0.15) is 5.10 Å². The van der Waals surface area contributed by atoms with E-state index in [9.17, 15) is 14.4 Å². The molecule has 0 aliphatic heterocycles. The SMILES string of the molecule is CC(=O)c1ccc(Cc2ccc(CC(=O)C(=O)c3ncn[nH]3)o2)cc1. The molecule has 126 valence electrons. The van der Waals surface area contributed by atoms with Crippen molar-refractivity contribution in [2.75, 3.05) is 0 Å². The number of benzene rings is 1. The first-order chi connectivity index (χ1) is 12.0. The fraction of sp³-hybridized carbons (Fsp3) is 0.167. The Morgan fingerprint density at radius 3 is 2.40 bits per heavy atom. The van der Waals surface area contributed by atoms with Crippen molar-refractivity contribution in [3.8, 4) is 0 Å². The van der Waals surface area contributed by atoms with Crippen molar-refractivity contribution in [2.24, 2.45) is 0 Å². The number of nitrogens with zero attached hydrogens (tertiary/aromatic N) is 2. The van der Waals surface area contributed by atoms with E-state index in [0.29, 0.717) is 23.5 Å². The van der Waals surface area contributed by atoms with Crippen molar-refractivity contribution in [2.45, 2.75) is 19.8 Å². The van der Waals surface area contributed by atoms with Crippen LogP contribution in [0.25, 0.3) is 0 Å². The third-order valence-electron chi connectivity index (χ3n) is 3.67. The summed E-state index contributed by atoms with van der Waals surface area (Å²) >= 11 is 0. The zero-order chi connectivity index (χ0) is 17.8. The van der Waals surface area contributed by atoms with Crippen molar-refractivity contribution >= 4 is 17.3 Å². The van der Waals surface area contributed by atoms with Gasteiger partial charge in [-0.3, -0.25) is 19.5 Å². The van der Waals surface area contributed by atoms with Crippen LogP contribution < -0.4 is 0 Å². The van der Waals surface area contributed by atoms with Crippen molar-refractivity contribution < 1.29 is 18.8 Å². The number of hydrogen-bond acceptors (Lipinski definition) is 6. The number of furan rings is 1. The molecule has 0 spiro atoms. The minimum Gasteiger partial charge on any atom is -0.465 e. The number of ketones is 3. The molecule has 0 atom stereocenters. The van der Waals surface area contributed by atoms with Gasteiger partial charge in [-0.1, -0.05) is 24.3 Å².